The van der Waals surface area contributed by atoms with Gasteiger partial charge in [-0.25, -0.2) is 4.98 Å². The lowest BCUT2D eigenvalue weighted by Crippen LogP contribution is -2.23. The van der Waals surface area contributed by atoms with Gasteiger partial charge in [-0.15, -0.1) is 0 Å². The third-order valence-corrected chi connectivity index (χ3v) is 2.75. The van der Waals surface area contributed by atoms with Crippen molar-refractivity contribution in [2.45, 2.75) is 6.54 Å². The van der Waals surface area contributed by atoms with E-state index in [2.05, 4.69) is 31.2 Å². The smallest absolute Gasteiger partial charge is 0.253 e. The fourth-order valence-electron chi connectivity index (χ4n) is 1.38. The summed E-state index contributed by atoms with van der Waals surface area (Å²) < 4.78 is 0.818. The number of nitrogen functional groups attached to an aromatic ring is 1. The number of nitrogens with one attached hydrogen (secondary N) is 2. The second kappa shape index (κ2) is 5.01. The van der Waals surface area contributed by atoms with Gasteiger partial charge >= 0.3 is 0 Å². The van der Waals surface area contributed by atoms with Crippen LogP contribution in [0.4, 0.5) is 5.69 Å². The number of nitrogens with zero attached hydrogens (tertiary/aromatic N) is 1. The van der Waals surface area contributed by atoms with Crippen LogP contribution in [-0.2, 0) is 6.54 Å². The van der Waals surface area contributed by atoms with Crippen molar-refractivity contribution in [3.05, 3.63) is 46.5 Å². The van der Waals surface area contributed by atoms with E-state index >= 15 is 0 Å². The number of nitrogens with two attached hydrogens (primary N) is 1. The van der Waals surface area contributed by atoms with Crippen LogP contribution in [0.15, 0.2) is 35.2 Å². The molecule has 0 aliphatic carbocycles. The van der Waals surface area contributed by atoms with Gasteiger partial charge in [0.15, 0.2) is 0 Å². The molecule has 1 aromatic carbocycles. The van der Waals surface area contributed by atoms with Crippen LogP contribution in [0.3, 0.4) is 0 Å². The summed E-state index contributed by atoms with van der Waals surface area (Å²) in [5.74, 6) is -0.210. The average Bonchev–Trinajstić information content (AvgIpc) is 2.82. The molecular formula is C11H11BrN4O. The molecule has 0 saturated carbocycles. The van der Waals surface area contributed by atoms with Gasteiger partial charge in [0.05, 0.1) is 24.1 Å². The molecular weight excluding hydrogens is 284 g/mol. The molecule has 1 amide bonds. The third kappa shape index (κ3) is 2.85. The minimum absolute atomic E-state index is 0.210. The maximum absolute atomic E-state index is 11.9. The largest absolute Gasteiger partial charge is 0.398 e. The quantitative estimate of drug-likeness (QED) is 0.753. The van der Waals surface area contributed by atoms with Crippen molar-refractivity contribution in [2.75, 3.05) is 5.73 Å². The Morgan fingerprint density at radius 2 is 2.35 bits per heavy atom. The first-order valence-electron chi connectivity index (χ1n) is 4.97. The van der Waals surface area contributed by atoms with Gasteiger partial charge in [0.25, 0.3) is 5.91 Å². The summed E-state index contributed by atoms with van der Waals surface area (Å²) in [6.07, 6.45) is 3.22. The molecule has 0 aliphatic rings. The van der Waals surface area contributed by atoms with Crippen molar-refractivity contribution >= 4 is 27.5 Å². The Balaban J connectivity index is 2.07. The zero-order chi connectivity index (χ0) is 12.3. The third-order valence-electron chi connectivity index (χ3n) is 2.25. The van der Waals surface area contributed by atoms with Crippen molar-refractivity contribution in [3.8, 4) is 0 Å². The molecule has 0 saturated heterocycles. The Morgan fingerprint density at radius 3 is 3.06 bits per heavy atom. The van der Waals surface area contributed by atoms with Crippen LogP contribution >= 0.6 is 15.9 Å². The highest BCUT2D eigenvalue weighted by Crippen LogP contribution is 2.18. The molecule has 6 heteroatoms. The van der Waals surface area contributed by atoms with E-state index in [1.54, 1.807) is 30.7 Å². The monoisotopic (exact) mass is 294 g/mol. The topological polar surface area (TPSA) is 83.8 Å². The number of benzene rings is 1. The number of halogens is 1. The zero-order valence-corrected chi connectivity index (χ0v) is 10.5. The number of aromatic nitrogens is 2. The molecule has 1 heterocycles. The van der Waals surface area contributed by atoms with Crippen LogP contribution in [0.25, 0.3) is 0 Å². The molecule has 0 unspecified atom stereocenters. The fraction of sp³-hybridized carbons (Fsp3) is 0.0909. The van der Waals surface area contributed by atoms with Gasteiger partial charge in [-0.2, -0.15) is 0 Å². The highest BCUT2D eigenvalue weighted by molar-refractivity contribution is 9.10. The molecule has 17 heavy (non-hydrogen) atoms. The van der Waals surface area contributed by atoms with Crippen LogP contribution in [0.2, 0.25) is 0 Å². The molecule has 88 valence electrons. The predicted molar refractivity (Wildman–Crippen MR) is 68.3 cm³/mol. The van der Waals surface area contributed by atoms with Crippen molar-refractivity contribution < 1.29 is 4.79 Å². The summed E-state index contributed by atoms with van der Waals surface area (Å²) in [5.41, 5.74) is 7.49. The highest BCUT2D eigenvalue weighted by Gasteiger charge is 2.09. The highest BCUT2D eigenvalue weighted by atomic mass is 79.9. The van der Waals surface area contributed by atoms with Crippen molar-refractivity contribution in [1.29, 1.82) is 0 Å². The van der Waals surface area contributed by atoms with Gasteiger partial charge in [0, 0.05) is 16.4 Å². The van der Waals surface area contributed by atoms with E-state index in [0.29, 0.717) is 17.8 Å². The van der Waals surface area contributed by atoms with E-state index in [-0.39, 0.29) is 5.91 Å². The number of carbonyl (C=O) groups is 1. The summed E-state index contributed by atoms with van der Waals surface area (Å²) in [4.78, 5) is 18.6. The lowest BCUT2D eigenvalue weighted by atomic mass is 10.1. The second-order valence-electron chi connectivity index (χ2n) is 3.49. The van der Waals surface area contributed by atoms with Crippen LogP contribution in [0.5, 0.6) is 0 Å². The van der Waals surface area contributed by atoms with Gasteiger partial charge in [0.1, 0.15) is 0 Å². The van der Waals surface area contributed by atoms with Gasteiger partial charge in [-0.05, 0) is 18.2 Å². The van der Waals surface area contributed by atoms with Crippen LogP contribution in [0.1, 0.15) is 16.1 Å². The normalized spacial score (nSPS) is 10.2. The number of hydrogen-bond donors (Lipinski definition) is 3. The SMILES string of the molecule is Nc1ccc(Br)cc1C(=O)NCc1cnc[nH]1. The molecule has 4 N–H and O–H groups in total. The molecule has 0 spiro atoms. The number of aromatic amines is 1. The standard InChI is InChI=1S/C11H11BrN4O/c12-7-1-2-10(13)9(3-7)11(17)15-5-8-4-14-6-16-8/h1-4,6H,5,13H2,(H,14,16)(H,15,17). The molecule has 5 nitrogen and oxygen atoms in total. The minimum Gasteiger partial charge on any atom is -0.398 e. The molecule has 2 rings (SSSR count). The molecule has 0 radical (unpaired) electrons. The number of H-pyrrole nitrogens is 1. The lowest BCUT2D eigenvalue weighted by Gasteiger charge is -2.06. The number of amides is 1. The summed E-state index contributed by atoms with van der Waals surface area (Å²) in [6.45, 7) is 0.394. The fourth-order valence-corrected chi connectivity index (χ4v) is 1.74. The first kappa shape index (κ1) is 11.7. The van der Waals surface area contributed by atoms with E-state index in [0.717, 1.165) is 10.2 Å². The van der Waals surface area contributed by atoms with E-state index in [1.165, 1.54) is 0 Å². The van der Waals surface area contributed by atoms with Crippen molar-refractivity contribution in [3.63, 3.8) is 0 Å². The Morgan fingerprint density at radius 1 is 1.53 bits per heavy atom. The van der Waals surface area contributed by atoms with Crippen LogP contribution in [0, 0.1) is 0 Å². The second-order valence-corrected chi connectivity index (χ2v) is 4.41. The maximum Gasteiger partial charge on any atom is 0.253 e. The van der Waals surface area contributed by atoms with E-state index in [9.17, 15) is 4.79 Å². The van der Waals surface area contributed by atoms with Crippen LogP contribution in [-0.4, -0.2) is 15.9 Å². The van der Waals surface area contributed by atoms with Gasteiger partial charge in [-0.3, -0.25) is 4.79 Å². The molecule has 0 bridgehead atoms. The van der Waals surface area contributed by atoms with Gasteiger partial charge < -0.3 is 16.0 Å². The van der Waals surface area contributed by atoms with Gasteiger partial charge in [0.2, 0.25) is 0 Å². The summed E-state index contributed by atoms with van der Waals surface area (Å²) in [5, 5.41) is 2.76. The van der Waals surface area contributed by atoms with Crippen molar-refractivity contribution in [1.82, 2.24) is 15.3 Å². The first-order chi connectivity index (χ1) is 8.16. The number of rotatable bonds is 3. The summed E-state index contributed by atoms with van der Waals surface area (Å²) in [7, 11) is 0. The molecule has 0 aliphatic heterocycles. The average molecular weight is 295 g/mol. The number of carbonyl (C=O) groups excluding carboxylic acids is 1. The Bertz CT molecular complexity index is 524. The molecule has 0 atom stereocenters. The summed E-state index contributed by atoms with van der Waals surface area (Å²) >= 11 is 3.30. The number of imidazole rings is 1. The Hall–Kier alpha value is -1.82. The molecule has 0 fully saturated rings. The first-order valence-corrected chi connectivity index (χ1v) is 5.76. The van der Waals surface area contributed by atoms with E-state index in [4.69, 9.17) is 5.73 Å². The predicted octanol–water partition coefficient (Wildman–Crippen LogP) is 1.68. The Kier molecular flexibility index (Phi) is 3.43. The van der Waals surface area contributed by atoms with Crippen molar-refractivity contribution in [2.24, 2.45) is 0 Å². The lowest BCUT2D eigenvalue weighted by molar-refractivity contribution is 0.0951. The Labute approximate surface area is 107 Å². The van der Waals surface area contributed by atoms with Crippen LogP contribution < -0.4 is 11.1 Å². The summed E-state index contributed by atoms with van der Waals surface area (Å²) in [6, 6.07) is 5.17. The molecule has 1 aromatic heterocycles. The number of anilines is 1. The maximum atomic E-state index is 11.9. The minimum atomic E-state index is -0.210. The zero-order valence-electron chi connectivity index (χ0n) is 8.90. The van der Waals surface area contributed by atoms with E-state index in [1.807, 2.05) is 0 Å². The van der Waals surface area contributed by atoms with Gasteiger partial charge in [-0.1, -0.05) is 15.9 Å². The van der Waals surface area contributed by atoms with E-state index < -0.39 is 0 Å². The number of hydrogen-bond acceptors (Lipinski definition) is 3. The molecule has 2 aromatic rings.